The maximum atomic E-state index is 14.4. The van der Waals surface area contributed by atoms with Crippen molar-refractivity contribution in [3.05, 3.63) is 50.8 Å². The van der Waals surface area contributed by atoms with E-state index >= 15 is 0 Å². The van der Waals surface area contributed by atoms with Crippen LogP contribution in [0.3, 0.4) is 0 Å². The lowest BCUT2D eigenvalue weighted by Crippen LogP contribution is -2.48. The number of hydrogen-bond donors (Lipinski definition) is 0. The number of hydrogen-bond acceptors (Lipinski definition) is 9. The summed E-state index contributed by atoms with van der Waals surface area (Å²) in [6.07, 6.45) is -0.206. The summed E-state index contributed by atoms with van der Waals surface area (Å²) in [6, 6.07) is 3.74. The second-order valence-electron chi connectivity index (χ2n) is 7.85. The molecular formula is C23H23BrF3N3O5S2. The first-order chi connectivity index (χ1) is 17.5. The van der Waals surface area contributed by atoms with E-state index in [2.05, 4.69) is 29.4 Å². The van der Waals surface area contributed by atoms with Gasteiger partial charge in [-0.25, -0.2) is 13.6 Å². The van der Waals surface area contributed by atoms with Gasteiger partial charge in [0.25, 0.3) is 5.91 Å². The van der Waals surface area contributed by atoms with Crippen LogP contribution in [0, 0.1) is 17.5 Å². The van der Waals surface area contributed by atoms with Crippen molar-refractivity contribution in [1.82, 2.24) is 13.6 Å². The molecule has 200 valence electrons. The van der Waals surface area contributed by atoms with Crippen molar-refractivity contribution in [1.29, 1.82) is 0 Å². The molecule has 0 saturated carbocycles. The molecule has 1 saturated heterocycles. The molecule has 0 N–H and O–H groups in total. The topological polar surface area (TPSA) is 90.9 Å². The molecule has 0 aliphatic carbocycles. The lowest BCUT2D eigenvalue weighted by atomic mass is 10.1. The molecule has 0 radical (unpaired) electrons. The first-order valence-electron chi connectivity index (χ1n) is 11.0. The van der Waals surface area contributed by atoms with Crippen LogP contribution < -0.4 is 4.74 Å². The molecule has 8 nitrogen and oxygen atoms in total. The minimum Gasteiger partial charge on any atom is -0.491 e. The molecule has 1 amide bonds. The number of amides is 1. The molecular weight excluding hydrogens is 599 g/mol. The Hall–Kier alpha value is -2.55. The Morgan fingerprint density at radius 2 is 1.73 bits per heavy atom. The zero-order valence-corrected chi connectivity index (χ0v) is 23.4. The van der Waals surface area contributed by atoms with Crippen LogP contribution in [0.25, 0.3) is 10.4 Å². The normalized spacial score (nSPS) is 17.1. The van der Waals surface area contributed by atoms with Gasteiger partial charge in [-0.2, -0.15) is 13.1 Å². The fourth-order valence-corrected chi connectivity index (χ4v) is 5.15. The van der Waals surface area contributed by atoms with Crippen LogP contribution in [0.15, 0.2) is 22.0 Å². The monoisotopic (exact) mass is 621 g/mol. The molecule has 4 rings (SSSR count). The van der Waals surface area contributed by atoms with Gasteiger partial charge in [0, 0.05) is 18.7 Å². The fraction of sp³-hybridized carbons (Fsp3) is 0.391. The van der Waals surface area contributed by atoms with Crippen molar-refractivity contribution in [3.8, 4) is 16.2 Å². The number of halogens is 4. The van der Waals surface area contributed by atoms with Crippen LogP contribution in [-0.2, 0) is 9.47 Å². The van der Waals surface area contributed by atoms with E-state index in [0.717, 1.165) is 28.5 Å². The molecule has 0 bridgehead atoms. The van der Waals surface area contributed by atoms with Gasteiger partial charge in [0.2, 0.25) is 5.82 Å². The van der Waals surface area contributed by atoms with E-state index in [-0.39, 0.29) is 40.2 Å². The lowest BCUT2D eigenvalue weighted by molar-refractivity contribution is -0.0587. The summed E-state index contributed by atoms with van der Waals surface area (Å²) in [4.78, 5) is 25.4. The van der Waals surface area contributed by atoms with E-state index in [1.165, 1.54) is 17.6 Å². The Morgan fingerprint density at radius 1 is 1.08 bits per heavy atom. The molecule has 1 aromatic carbocycles. The fourth-order valence-electron chi connectivity index (χ4n) is 3.50. The number of esters is 1. The van der Waals surface area contributed by atoms with Crippen molar-refractivity contribution in [2.45, 2.75) is 33.0 Å². The zero-order valence-electron chi connectivity index (χ0n) is 20.2. The molecule has 37 heavy (non-hydrogen) atoms. The second-order valence-corrected chi connectivity index (χ2v) is 10.8. The van der Waals surface area contributed by atoms with E-state index in [9.17, 15) is 22.8 Å². The number of carbonyl (C=O) groups is 2. The molecule has 0 spiro atoms. The smallest absolute Gasteiger partial charge is 0.358 e. The molecule has 1 aliphatic rings. The van der Waals surface area contributed by atoms with Crippen molar-refractivity contribution >= 4 is 50.9 Å². The predicted octanol–water partition coefficient (Wildman–Crippen LogP) is 5.57. The van der Waals surface area contributed by atoms with Gasteiger partial charge in [0.1, 0.15) is 5.69 Å². The highest BCUT2D eigenvalue weighted by atomic mass is 79.9. The van der Waals surface area contributed by atoms with Crippen LogP contribution in [0.4, 0.5) is 13.2 Å². The van der Waals surface area contributed by atoms with Gasteiger partial charge in [0.05, 0.1) is 34.6 Å². The van der Waals surface area contributed by atoms with Gasteiger partial charge in [-0.05, 0) is 78.0 Å². The van der Waals surface area contributed by atoms with Gasteiger partial charge in [-0.3, -0.25) is 4.79 Å². The number of morpholine rings is 1. The van der Waals surface area contributed by atoms with Crippen LogP contribution in [-0.4, -0.2) is 64.5 Å². The average Bonchev–Trinajstić information content (AvgIpc) is 3.51. The molecule has 2 aromatic heterocycles. The Bertz CT molecular complexity index is 1260. The minimum absolute atomic E-state index is 0.103. The Morgan fingerprint density at radius 3 is 2.30 bits per heavy atom. The molecule has 3 heterocycles. The van der Waals surface area contributed by atoms with Crippen molar-refractivity contribution in [2.75, 3.05) is 26.8 Å². The summed E-state index contributed by atoms with van der Waals surface area (Å²) >= 11 is 5.26. The zero-order chi connectivity index (χ0) is 27.3. The minimum atomic E-state index is -1.40. The number of rotatable bonds is 5. The van der Waals surface area contributed by atoms with E-state index in [0.29, 0.717) is 25.4 Å². The molecule has 1 fully saturated rings. The number of ether oxygens (including phenoxy) is 3. The number of aromatic nitrogens is 2. The summed E-state index contributed by atoms with van der Waals surface area (Å²) in [5.41, 5.74) is 0.277. The third kappa shape index (κ3) is 7.06. The van der Waals surface area contributed by atoms with Gasteiger partial charge in [-0.15, -0.1) is 0 Å². The molecule has 0 unspecified atom stereocenters. The quantitative estimate of drug-likeness (QED) is 0.272. The highest BCUT2D eigenvalue weighted by Crippen LogP contribution is 2.35. The van der Waals surface area contributed by atoms with Gasteiger partial charge < -0.3 is 19.1 Å². The Kier molecular flexibility index (Phi) is 10.0. The summed E-state index contributed by atoms with van der Waals surface area (Å²) in [5, 5.41) is 0. The van der Waals surface area contributed by atoms with Crippen LogP contribution in [0.2, 0.25) is 0 Å². The summed E-state index contributed by atoms with van der Waals surface area (Å²) < 4.78 is 65.3. The highest BCUT2D eigenvalue weighted by Gasteiger charge is 2.29. The van der Waals surface area contributed by atoms with E-state index in [1.807, 2.05) is 13.8 Å². The standard InChI is InChI=1S/C17H17F3N2O3S.C6H6BrNO2S/c1-8-6-22(7-9(2)25-8)17(23)12-5-13(26-21-12)10-4-11(18)15(20)16(24-3)14(10)19;1-2-10-6(9)4-3-5(7)11-8-4/h4-5,8-9H,6-7H2,1-3H3;3H,2H2,1H3/t8-,9+;. The van der Waals surface area contributed by atoms with Gasteiger partial charge in [0.15, 0.2) is 23.1 Å². The first kappa shape index (κ1) is 29.0. The van der Waals surface area contributed by atoms with Crippen molar-refractivity contribution in [3.63, 3.8) is 0 Å². The number of carbonyl (C=O) groups excluding carboxylic acids is 2. The molecule has 1 aliphatic heterocycles. The van der Waals surface area contributed by atoms with Gasteiger partial charge >= 0.3 is 5.97 Å². The molecule has 3 aromatic rings. The number of methoxy groups -OCH3 is 1. The van der Waals surface area contributed by atoms with Crippen LogP contribution >= 0.6 is 39.0 Å². The largest absolute Gasteiger partial charge is 0.491 e. The maximum absolute atomic E-state index is 14.4. The third-order valence-corrected chi connectivity index (χ3v) is 7.05. The third-order valence-electron chi connectivity index (χ3n) is 4.99. The summed E-state index contributed by atoms with van der Waals surface area (Å²) in [5.74, 6) is -5.17. The average molecular weight is 622 g/mol. The van der Waals surface area contributed by atoms with Crippen LogP contribution in [0.5, 0.6) is 5.75 Å². The number of nitrogens with zero attached hydrogens (tertiary/aromatic N) is 3. The first-order valence-corrected chi connectivity index (χ1v) is 13.3. The number of benzene rings is 1. The predicted molar refractivity (Wildman–Crippen MR) is 136 cm³/mol. The summed E-state index contributed by atoms with van der Waals surface area (Å²) in [7, 11) is 1.05. The van der Waals surface area contributed by atoms with E-state index < -0.39 is 23.2 Å². The van der Waals surface area contributed by atoms with Gasteiger partial charge in [-0.1, -0.05) is 0 Å². The van der Waals surface area contributed by atoms with E-state index in [1.54, 1.807) is 17.9 Å². The van der Waals surface area contributed by atoms with E-state index in [4.69, 9.17) is 9.47 Å². The van der Waals surface area contributed by atoms with Crippen molar-refractivity contribution in [2.24, 2.45) is 0 Å². The summed E-state index contributed by atoms with van der Waals surface area (Å²) in [6.45, 7) is 6.72. The highest BCUT2D eigenvalue weighted by molar-refractivity contribution is 9.11. The SMILES string of the molecule is CCOC(=O)c1cc(Br)sn1.COc1c(F)c(F)cc(-c2cc(C(=O)N3C[C@@H](C)O[C@@H](C)C3)ns2)c1F. The Balaban J connectivity index is 0.000000289. The molecule has 14 heteroatoms. The van der Waals surface area contributed by atoms with Crippen LogP contribution in [0.1, 0.15) is 41.7 Å². The maximum Gasteiger partial charge on any atom is 0.358 e. The van der Waals surface area contributed by atoms with Crippen molar-refractivity contribution < 1.29 is 37.0 Å². The second kappa shape index (κ2) is 12.8. The Labute approximate surface area is 227 Å². The molecule has 2 atom stereocenters. The lowest BCUT2D eigenvalue weighted by Gasteiger charge is -2.34.